The lowest BCUT2D eigenvalue weighted by molar-refractivity contribution is 0.0738. The number of aliphatic hydroxyl groups is 1. The molecule has 3 rings (SSSR count). The molecule has 0 saturated carbocycles. The third-order valence-corrected chi connectivity index (χ3v) is 4.16. The molecule has 0 atom stereocenters. The van der Waals surface area contributed by atoms with Gasteiger partial charge < -0.3 is 5.11 Å². The van der Waals surface area contributed by atoms with Gasteiger partial charge in [-0.25, -0.2) is 24.3 Å². The van der Waals surface area contributed by atoms with E-state index in [1.165, 1.54) is 6.33 Å². The van der Waals surface area contributed by atoms with Crippen LogP contribution in [-0.2, 0) is 18.6 Å². The standard InChI is InChI=1S/C19H23N5O2/c1-5-8-13-16-17(21-12-20-13)24(23(11-6-2)18(16)25)15-10-7-9-14(22-15)19(3,4)26/h6-7,9-10,12,26H,2,5,8,11H2,1,3-4H3. The first-order valence-corrected chi connectivity index (χ1v) is 8.65. The van der Waals surface area contributed by atoms with Gasteiger partial charge in [0.05, 0.1) is 17.9 Å². The Hall–Kier alpha value is -2.80. The van der Waals surface area contributed by atoms with Crippen molar-refractivity contribution < 1.29 is 5.11 Å². The summed E-state index contributed by atoms with van der Waals surface area (Å²) in [5.41, 5.74) is 0.496. The zero-order chi connectivity index (χ0) is 18.9. The van der Waals surface area contributed by atoms with E-state index in [1.807, 2.05) is 6.92 Å². The van der Waals surface area contributed by atoms with E-state index in [0.29, 0.717) is 35.5 Å². The predicted octanol–water partition coefficient (Wildman–Crippen LogP) is 2.34. The SMILES string of the molecule is C=CCn1c(=O)c2c(CCC)ncnc2n1-c1cccc(C(C)(C)O)n1. The van der Waals surface area contributed by atoms with Crippen LogP contribution in [0.3, 0.4) is 0 Å². The molecule has 0 fully saturated rings. The van der Waals surface area contributed by atoms with Crippen LogP contribution >= 0.6 is 0 Å². The van der Waals surface area contributed by atoms with E-state index in [9.17, 15) is 9.90 Å². The minimum absolute atomic E-state index is 0.167. The number of hydrogen-bond donors (Lipinski definition) is 1. The van der Waals surface area contributed by atoms with Crippen LogP contribution < -0.4 is 5.56 Å². The third-order valence-electron chi connectivity index (χ3n) is 4.16. The third kappa shape index (κ3) is 3.06. The van der Waals surface area contributed by atoms with Crippen molar-refractivity contribution in [2.45, 2.75) is 45.8 Å². The zero-order valence-corrected chi connectivity index (χ0v) is 15.3. The second kappa shape index (κ2) is 6.84. The molecule has 0 radical (unpaired) electrons. The quantitative estimate of drug-likeness (QED) is 0.688. The van der Waals surface area contributed by atoms with Crippen LogP contribution in [0.2, 0.25) is 0 Å². The highest BCUT2D eigenvalue weighted by Gasteiger charge is 2.22. The van der Waals surface area contributed by atoms with Crippen molar-refractivity contribution in [1.29, 1.82) is 0 Å². The minimum atomic E-state index is -1.09. The van der Waals surface area contributed by atoms with Crippen molar-refractivity contribution in [2.75, 3.05) is 0 Å². The van der Waals surface area contributed by atoms with Gasteiger partial charge in [0.15, 0.2) is 11.5 Å². The molecule has 0 unspecified atom stereocenters. The fraction of sp³-hybridized carbons (Fsp3) is 0.368. The molecule has 3 aromatic heterocycles. The summed E-state index contributed by atoms with van der Waals surface area (Å²) in [7, 11) is 0. The van der Waals surface area contributed by atoms with Crippen LogP contribution in [0.4, 0.5) is 0 Å². The number of pyridine rings is 1. The zero-order valence-electron chi connectivity index (χ0n) is 15.3. The fourth-order valence-electron chi connectivity index (χ4n) is 2.95. The van der Waals surface area contributed by atoms with Crippen molar-refractivity contribution in [3.63, 3.8) is 0 Å². The van der Waals surface area contributed by atoms with Crippen LogP contribution in [0.1, 0.15) is 38.6 Å². The summed E-state index contributed by atoms with van der Waals surface area (Å²) in [5, 5.41) is 10.8. The summed E-state index contributed by atoms with van der Waals surface area (Å²) < 4.78 is 3.22. The first-order valence-electron chi connectivity index (χ1n) is 8.65. The molecule has 0 aromatic carbocycles. The van der Waals surface area contributed by atoms with Gasteiger partial charge >= 0.3 is 0 Å². The molecular weight excluding hydrogens is 330 g/mol. The molecule has 1 N–H and O–H groups in total. The maximum absolute atomic E-state index is 13.0. The number of hydrogen-bond acceptors (Lipinski definition) is 5. The average molecular weight is 353 g/mol. The molecular formula is C19H23N5O2. The summed E-state index contributed by atoms with van der Waals surface area (Å²) >= 11 is 0. The molecule has 3 heterocycles. The lowest BCUT2D eigenvalue weighted by atomic mass is 10.1. The monoisotopic (exact) mass is 353 g/mol. The largest absolute Gasteiger partial charge is 0.384 e. The molecule has 0 aliphatic rings. The molecule has 0 aliphatic heterocycles. The molecule has 3 aromatic rings. The van der Waals surface area contributed by atoms with Crippen molar-refractivity contribution >= 4 is 11.0 Å². The fourth-order valence-corrected chi connectivity index (χ4v) is 2.95. The summed E-state index contributed by atoms with van der Waals surface area (Å²) in [6.07, 6.45) is 4.71. The Balaban J connectivity index is 2.35. The molecule has 0 aliphatic carbocycles. The molecule has 7 heteroatoms. The molecule has 26 heavy (non-hydrogen) atoms. The van der Waals surface area contributed by atoms with Crippen LogP contribution in [-0.4, -0.2) is 29.4 Å². The molecule has 0 spiro atoms. The van der Waals surface area contributed by atoms with Crippen LogP contribution in [0, 0.1) is 0 Å². The number of nitrogens with zero attached hydrogens (tertiary/aromatic N) is 5. The van der Waals surface area contributed by atoms with Crippen LogP contribution in [0.5, 0.6) is 0 Å². The van der Waals surface area contributed by atoms with Gasteiger partial charge in [0, 0.05) is 0 Å². The lowest BCUT2D eigenvalue weighted by Gasteiger charge is -2.18. The predicted molar refractivity (Wildman–Crippen MR) is 100 cm³/mol. The Kier molecular flexibility index (Phi) is 4.73. The number of allylic oxidation sites excluding steroid dienone is 1. The van der Waals surface area contributed by atoms with E-state index in [0.717, 1.165) is 12.1 Å². The van der Waals surface area contributed by atoms with Crippen molar-refractivity contribution in [2.24, 2.45) is 0 Å². The Morgan fingerprint density at radius 3 is 2.73 bits per heavy atom. The van der Waals surface area contributed by atoms with Gasteiger partial charge in [0.2, 0.25) is 0 Å². The smallest absolute Gasteiger partial charge is 0.278 e. The highest BCUT2D eigenvalue weighted by Crippen LogP contribution is 2.21. The minimum Gasteiger partial charge on any atom is -0.384 e. The summed E-state index contributed by atoms with van der Waals surface area (Å²) in [4.78, 5) is 26.2. The van der Waals surface area contributed by atoms with E-state index in [1.54, 1.807) is 47.5 Å². The first kappa shape index (κ1) is 18.0. The number of aryl methyl sites for hydroxylation is 1. The maximum atomic E-state index is 13.0. The normalized spacial score (nSPS) is 11.8. The van der Waals surface area contributed by atoms with Gasteiger partial charge in [-0.1, -0.05) is 25.5 Å². The van der Waals surface area contributed by atoms with Crippen molar-refractivity contribution in [1.82, 2.24) is 24.3 Å². The second-order valence-corrected chi connectivity index (χ2v) is 6.70. The van der Waals surface area contributed by atoms with Gasteiger partial charge in [-0.2, -0.15) is 0 Å². The average Bonchev–Trinajstić information content (AvgIpc) is 2.88. The summed E-state index contributed by atoms with van der Waals surface area (Å²) in [5.74, 6) is 0.514. The van der Waals surface area contributed by atoms with E-state index >= 15 is 0 Å². The molecule has 7 nitrogen and oxygen atoms in total. The Bertz CT molecular complexity index is 1010. The second-order valence-electron chi connectivity index (χ2n) is 6.70. The van der Waals surface area contributed by atoms with Crippen LogP contribution in [0.15, 0.2) is 42.0 Å². The van der Waals surface area contributed by atoms with Gasteiger partial charge in [-0.3, -0.25) is 4.79 Å². The first-order chi connectivity index (χ1) is 12.4. The number of rotatable bonds is 6. The van der Waals surface area contributed by atoms with Gasteiger partial charge in [0.1, 0.15) is 17.3 Å². The molecule has 0 amide bonds. The van der Waals surface area contributed by atoms with Gasteiger partial charge in [-0.15, -0.1) is 6.58 Å². The van der Waals surface area contributed by atoms with Crippen molar-refractivity contribution in [3.8, 4) is 5.82 Å². The Labute approximate surface area is 151 Å². The van der Waals surface area contributed by atoms with Crippen LogP contribution in [0.25, 0.3) is 16.9 Å². The van der Waals surface area contributed by atoms with E-state index in [2.05, 4.69) is 21.5 Å². The van der Waals surface area contributed by atoms with Crippen molar-refractivity contribution in [3.05, 3.63) is 58.9 Å². The lowest BCUT2D eigenvalue weighted by Crippen LogP contribution is -2.24. The molecule has 136 valence electrons. The van der Waals surface area contributed by atoms with Gasteiger partial charge in [-0.05, 0) is 32.4 Å². The van der Waals surface area contributed by atoms with E-state index < -0.39 is 5.60 Å². The van der Waals surface area contributed by atoms with Gasteiger partial charge in [0.25, 0.3) is 5.56 Å². The Morgan fingerprint density at radius 1 is 1.31 bits per heavy atom. The Morgan fingerprint density at radius 2 is 2.08 bits per heavy atom. The highest BCUT2D eigenvalue weighted by atomic mass is 16.3. The summed E-state index contributed by atoms with van der Waals surface area (Å²) in [6, 6.07) is 5.34. The molecule has 0 bridgehead atoms. The summed E-state index contributed by atoms with van der Waals surface area (Å²) in [6.45, 7) is 9.45. The maximum Gasteiger partial charge on any atom is 0.278 e. The highest BCUT2D eigenvalue weighted by molar-refractivity contribution is 5.78. The van der Waals surface area contributed by atoms with E-state index in [-0.39, 0.29) is 5.56 Å². The molecule has 0 saturated heterocycles. The topological polar surface area (TPSA) is 85.8 Å². The van der Waals surface area contributed by atoms with E-state index in [4.69, 9.17) is 0 Å². The number of aromatic nitrogens is 5. The number of fused-ring (bicyclic) bond motifs is 1.